The Balaban J connectivity index is 1.92. The Morgan fingerprint density at radius 2 is 1.90 bits per heavy atom. The first-order valence-corrected chi connectivity index (χ1v) is 7.05. The van der Waals surface area contributed by atoms with Gasteiger partial charge in [-0.3, -0.25) is 4.79 Å². The van der Waals surface area contributed by atoms with Crippen LogP contribution in [0.3, 0.4) is 0 Å². The molecule has 2 N–H and O–H groups in total. The zero-order valence-corrected chi connectivity index (χ0v) is 12.2. The normalized spacial score (nSPS) is 29.8. The summed E-state index contributed by atoms with van der Waals surface area (Å²) in [6.07, 6.45) is 0.433. The number of nitrogens with zero attached hydrogens (tertiary/aromatic N) is 2. The van der Waals surface area contributed by atoms with Gasteiger partial charge in [-0.05, 0) is 26.0 Å². The van der Waals surface area contributed by atoms with Crippen molar-refractivity contribution in [2.45, 2.75) is 32.1 Å². The number of fused-ring (bicyclic) bond motifs is 1. The number of rotatable bonds is 1. The van der Waals surface area contributed by atoms with E-state index in [2.05, 4.69) is 30.9 Å². The number of likely N-dealkylation sites (N-methyl/N-ethyl adjacent to an activating group) is 1. The molecule has 0 radical (unpaired) electrons. The molecule has 0 aliphatic carbocycles. The van der Waals surface area contributed by atoms with Gasteiger partial charge < -0.3 is 20.3 Å². The number of nitrogens with two attached hydrogens (primary N) is 1. The molecule has 3 atom stereocenters. The van der Waals surface area contributed by atoms with Crippen LogP contribution in [-0.4, -0.2) is 38.3 Å². The number of carbonyl (C=O) groups excluding carboxylic acids is 1. The van der Waals surface area contributed by atoms with E-state index < -0.39 is 6.04 Å². The maximum Gasteiger partial charge on any atom is 0.248 e. The third-order valence-electron chi connectivity index (χ3n) is 4.09. The van der Waals surface area contributed by atoms with Gasteiger partial charge >= 0.3 is 0 Å². The van der Waals surface area contributed by atoms with E-state index in [0.29, 0.717) is 0 Å². The van der Waals surface area contributed by atoms with Crippen LogP contribution in [0.25, 0.3) is 0 Å². The topological polar surface area (TPSA) is 58.8 Å². The number of amides is 1. The van der Waals surface area contributed by atoms with E-state index in [-0.39, 0.29) is 18.1 Å². The van der Waals surface area contributed by atoms with Gasteiger partial charge in [0.05, 0.1) is 17.9 Å². The van der Waals surface area contributed by atoms with Crippen LogP contribution in [0, 0.1) is 0 Å². The summed E-state index contributed by atoms with van der Waals surface area (Å²) in [4.78, 5) is 15.9. The quantitative estimate of drug-likeness (QED) is 0.838. The molecule has 3 rings (SSSR count). The van der Waals surface area contributed by atoms with Gasteiger partial charge in [-0.25, -0.2) is 0 Å². The fraction of sp³-hybridized carbons (Fsp3) is 0.533. The number of benzene rings is 1. The zero-order chi connectivity index (χ0) is 14.4. The molecule has 1 aromatic carbocycles. The summed E-state index contributed by atoms with van der Waals surface area (Å²) in [6, 6.07) is 5.56. The van der Waals surface area contributed by atoms with Gasteiger partial charge in [-0.1, -0.05) is 6.07 Å². The predicted octanol–water partition coefficient (Wildman–Crippen LogP) is 1.28. The maximum absolute atomic E-state index is 11.9. The first-order valence-electron chi connectivity index (χ1n) is 7.05. The van der Waals surface area contributed by atoms with Gasteiger partial charge in [0.1, 0.15) is 6.04 Å². The molecule has 1 fully saturated rings. The molecule has 5 heteroatoms. The molecule has 108 valence electrons. The summed E-state index contributed by atoms with van der Waals surface area (Å²) in [5.41, 5.74) is 8.89. The largest absolute Gasteiger partial charge is 0.372 e. The number of hydrogen-bond acceptors (Lipinski definition) is 4. The minimum absolute atomic E-state index is 0.0409. The Morgan fingerprint density at radius 1 is 1.25 bits per heavy atom. The van der Waals surface area contributed by atoms with Crippen LogP contribution in [-0.2, 0) is 9.53 Å². The summed E-state index contributed by atoms with van der Waals surface area (Å²) < 4.78 is 5.76. The second-order valence-electron chi connectivity index (χ2n) is 5.78. The van der Waals surface area contributed by atoms with E-state index >= 15 is 0 Å². The monoisotopic (exact) mass is 275 g/mol. The standard InChI is InChI=1S/C15H21N3O2/c1-9-7-18(8-10(2)20-9)11-4-5-12-13(6-11)17(3)15(19)14(12)16/h4-6,9-10,14H,7-8,16H2,1-3H3/t9-,10+,14?. The third-order valence-corrected chi connectivity index (χ3v) is 4.09. The van der Waals surface area contributed by atoms with Gasteiger partial charge in [0.25, 0.3) is 0 Å². The second kappa shape index (κ2) is 4.75. The summed E-state index contributed by atoms with van der Waals surface area (Å²) in [5.74, 6) is -0.0409. The molecule has 2 aliphatic heterocycles. The summed E-state index contributed by atoms with van der Waals surface area (Å²) in [6.45, 7) is 5.91. The Kier molecular flexibility index (Phi) is 3.18. The number of anilines is 2. The molecule has 1 saturated heterocycles. The molecule has 0 aromatic heterocycles. The lowest BCUT2D eigenvalue weighted by molar-refractivity contribution is -0.118. The third kappa shape index (κ3) is 2.07. The van der Waals surface area contributed by atoms with Crippen molar-refractivity contribution in [1.82, 2.24) is 0 Å². The van der Waals surface area contributed by atoms with Crippen LogP contribution in [0.2, 0.25) is 0 Å². The van der Waals surface area contributed by atoms with E-state index in [1.165, 1.54) is 0 Å². The van der Waals surface area contributed by atoms with Gasteiger partial charge in [0.15, 0.2) is 0 Å². The number of carbonyl (C=O) groups is 1. The van der Waals surface area contributed by atoms with Gasteiger partial charge in [0.2, 0.25) is 5.91 Å². The highest BCUT2D eigenvalue weighted by Crippen LogP contribution is 2.36. The van der Waals surface area contributed by atoms with Gasteiger partial charge in [-0.15, -0.1) is 0 Å². The van der Waals surface area contributed by atoms with E-state index in [4.69, 9.17) is 10.5 Å². The van der Waals surface area contributed by atoms with E-state index in [1.54, 1.807) is 11.9 Å². The van der Waals surface area contributed by atoms with Crippen molar-refractivity contribution in [1.29, 1.82) is 0 Å². The molecule has 0 bridgehead atoms. The number of morpholine rings is 1. The van der Waals surface area contributed by atoms with E-state index in [0.717, 1.165) is 30.0 Å². The van der Waals surface area contributed by atoms with Crippen LogP contribution in [0.15, 0.2) is 18.2 Å². The molecular formula is C15H21N3O2. The molecule has 20 heavy (non-hydrogen) atoms. The number of hydrogen-bond donors (Lipinski definition) is 1. The SMILES string of the molecule is C[C@@H]1CN(c2ccc3c(c2)N(C)C(=O)C3N)C[C@H](C)O1. The van der Waals surface area contributed by atoms with E-state index in [9.17, 15) is 4.79 Å². The Bertz CT molecular complexity index is 536. The van der Waals surface area contributed by atoms with Crippen LogP contribution < -0.4 is 15.5 Å². The predicted molar refractivity (Wildman–Crippen MR) is 79.0 cm³/mol. The van der Waals surface area contributed by atoms with Crippen molar-refractivity contribution in [2.24, 2.45) is 5.73 Å². The molecule has 0 saturated carbocycles. The molecule has 2 aliphatic rings. The van der Waals surface area contributed by atoms with Crippen LogP contribution >= 0.6 is 0 Å². The van der Waals surface area contributed by atoms with Crippen LogP contribution in [0.4, 0.5) is 11.4 Å². The lowest BCUT2D eigenvalue weighted by atomic mass is 10.1. The van der Waals surface area contributed by atoms with Crippen molar-refractivity contribution in [3.05, 3.63) is 23.8 Å². The fourth-order valence-electron chi connectivity index (χ4n) is 3.13. The van der Waals surface area contributed by atoms with Crippen molar-refractivity contribution < 1.29 is 9.53 Å². The van der Waals surface area contributed by atoms with Gasteiger partial charge in [0, 0.05) is 31.4 Å². The van der Waals surface area contributed by atoms with Crippen molar-refractivity contribution in [3.63, 3.8) is 0 Å². The zero-order valence-electron chi connectivity index (χ0n) is 12.2. The van der Waals surface area contributed by atoms with Gasteiger partial charge in [-0.2, -0.15) is 0 Å². The highest BCUT2D eigenvalue weighted by Gasteiger charge is 2.33. The number of ether oxygens (including phenoxy) is 1. The average Bonchev–Trinajstić information content (AvgIpc) is 2.62. The Morgan fingerprint density at radius 3 is 2.55 bits per heavy atom. The minimum Gasteiger partial charge on any atom is -0.372 e. The summed E-state index contributed by atoms with van der Waals surface area (Å²) in [7, 11) is 1.78. The highest BCUT2D eigenvalue weighted by molar-refractivity contribution is 6.04. The lowest BCUT2D eigenvalue weighted by Crippen LogP contribution is -2.45. The molecule has 1 unspecified atom stereocenters. The molecular weight excluding hydrogens is 254 g/mol. The minimum atomic E-state index is -0.522. The average molecular weight is 275 g/mol. The summed E-state index contributed by atoms with van der Waals surface area (Å²) in [5, 5.41) is 0. The first kappa shape index (κ1) is 13.4. The smallest absolute Gasteiger partial charge is 0.248 e. The van der Waals surface area contributed by atoms with Crippen LogP contribution in [0.5, 0.6) is 0 Å². The lowest BCUT2D eigenvalue weighted by Gasteiger charge is -2.37. The fourth-order valence-corrected chi connectivity index (χ4v) is 3.13. The van der Waals surface area contributed by atoms with Crippen molar-refractivity contribution >= 4 is 17.3 Å². The van der Waals surface area contributed by atoms with Crippen LogP contribution in [0.1, 0.15) is 25.5 Å². The molecule has 1 amide bonds. The second-order valence-corrected chi connectivity index (χ2v) is 5.78. The molecule has 5 nitrogen and oxygen atoms in total. The molecule has 1 aromatic rings. The Hall–Kier alpha value is -1.59. The first-order chi connectivity index (χ1) is 9.47. The Labute approximate surface area is 119 Å². The van der Waals surface area contributed by atoms with Crippen molar-refractivity contribution in [3.8, 4) is 0 Å². The highest BCUT2D eigenvalue weighted by atomic mass is 16.5. The van der Waals surface area contributed by atoms with Crippen molar-refractivity contribution in [2.75, 3.05) is 29.9 Å². The van der Waals surface area contributed by atoms with E-state index in [1.807, 2.05) is 6.07 Å². The maximum atomic E-state index is 11.9. The molecule has 2 heterocycles. The molecule has 0 spiro atoms. The summed E-state index contributed by atoms with van der Waals surface area (Å²) >= 11 is 0.